The molecule has 1 aliphatic rings. The van der Waals surface area contributed by atoms with Gasteiger partial charge in [0, 0.05) is 31.9 Å². The van der Waals surface area contributed by atoms with Crippen molar-refractivity contribution in [2.75, 3.05) is 32.2 Å². The van der Waals surface area contributed by atoms with E-state index in [0.717, 1.165) is 55.7 Å². The van der Waals surface area contributed by atoms with E-state index < -0.39 is 17.4 Å². The van der Waals surface area contributed by atoms with Crippen molar-refractivity contribution >= 4 is 17.7 Å². The summed E-state index contributed by atoms with van der Waals surface area (Å²) in [7, 11) is 1.33. The molecular formula is C27H37N3O4. The molecule has 2 N–H and O–H groups in total. The van der Waals surface area contributed by atoms with Crippen molar-refractivity contribution in [2.45, 2.75) is 63.8 Å². The lowest BCUT2D eigenvalue weighted by Crippen LogP contribution is -2.49. The number of amides is 1. The maximum atomic E-state index is 12.9. The minimum Gasteiger partial charge on any atom is -0.467 e. The van der Waals surface area contributed by atoms with Crippen LogP contribution in [0.3, 0.4) is 0 Å². The number of methoxy groups -OCH3 is 1. The van der Waals surface area contributed by atoms with Gasteiger partial charge < -0.3 is 20.1 Å². The zero-order chi connectivity index (χ0) is 24.4. The number of anilines is 1. The summed E-state index contributed by atoms with van der Waals surface area (Å²) in [6.07, 6.45) is 5.42. The highest BCUT2D eigenvalue weighted by Crippen LogP contribution is 2.23. The number of hydrogen-bond donors (Lipinski definition) is 2. The number of benzene rings is 1. The molecule has 0 saturated heterocycles. The Morgan fingerprint density at radius 3 is 2.68 bits per heavy atom. The molecule has 0 spiro atoms. The Labute approximate surface area is 202 Å². The van der Waals surface area contributed by atoms with Crippen LogP contribution in [0.25, 0.3) is 0 Å². The lowest BCUT2D eigenvalue weighted by Gasteiger charge is -2.27. The molecule has 7 heteroatoms. The van der Waals surface area contributed by atoms with E-state index in [2.05, 4.69) is 22.8 Å². The highest BCUT2D eigenvalue weighted by atomic mass is 16.5. The van der Waals surface area contributed by atoms with Crippen LogP contribution in [0.1, 0.15) is 56.4 Å². The van der Waals surface area contributed by atoms with E-state index in [1.165, 1.54) is 12.7 Å². The van der Waals surface area contributed by atoms with E-state index in [4.69, 9.17) is 14.5 Å². The van der Waals surface area contributed by atoms with Crippen molar-refractivity contribution in [1.29, 1.82) is 0 Å². The molecule has 0 bridgehead atoms. The molecule has 3 rings (SSSR count). The van der Waals surface area contributed by atoms with Gasteiger partial charge in [-0.1, -0.05) is 36.4 Å². The van der Waals surface area contributed by atoms with Crippen molar-refractivity contribution in [3.8, 4) is 0 Å². The van der Waals surface area contributed by atoms with Crippen LogP contribution in [0.5, 0.6) is 0 Å². The molecule has 1 aromatic carbocycles. The molecule has 1 aromatic heterocycles. The Kier molecular flexibility index (Phi) is 9.45. The number of pyridine rings is 1. The molecule has 34 heavy (non-hydrogen) atoms. The summed E-state index contributed by atoms with van der Waals surface area (Å²) in [5.74, 6) is 0.348. The normalized spacial score (nSPS) is 14.0. The van der Waals surface area contributed by atoms with Crippen molar-refractivity contribution in [2.24, 2.45) is 0 Å². The number of carbonyl (C=O) groups is 2. The standard InChI is InChI=1S/C27H37N3O4/c1-27(2,21-11-5-4-6-12-21)26(32)30-23(25(31)33-3)16-19-34-18-8-7-13-22-15-14-20-10-9-17-28-24(20)29-22/h4-6,11-12,14-15,23H,7-10,13,16-19H2,1-3H3,(H,28,29)(H,30,32). The maximum Gasteiger partial charge on any atom is 0.328 e. The van der Waals surface area contributed by atoms with Gasteiger partial charge in [0.2, 0.25) is 5.91 Å². The molecule has 0 radical (unpaired) electrons. The van der Waals surface area contributed by atoms with Crippen LogP contribution in [-0.2, 0) is 37.3 Å². The summed E-state index contributed by atoms with van der Waals surface area (Å²) in [5, 5.41) is 6.22. The molecule has 0 saturated carbocycles. The first kappa shape index (κ1) is 25.7. The smallest absolute Gasteiger partial charge is 0.328 e. The first-order valence-corrected chi connectivity index (χ1v) is 12.2. The number of esters is 1. The van der Waals surface area contributed by atoms with Crippen LogP contribution in [0.2, 0.25) is 0 Å². The van der Waals surface area contributed by atoms with Crippen LogP contribution < -0.4 is 10.6 Å². The number of aryl methyl sites for hydroxylation is 2. The third-order valence-electron chi connectivity index (χ3n) is 6.33. The molecule has 184 valence electrons. The van der Waals surface area contributed by atoms with Gasteiger partial charge in [-0.2, -0.15) is 0 Å². The monoisotopic (exact) mass is 467 g/mol. The summed E-state index contributed by atoms with van der Waals surface area (Å²) in [6, 6.07) is 13.1. The van der Waals surface area contributed by atoms with Gasteiger partial charge in [-0.25, -0.2) is 9.78 Å². The lowest BCUT2D eigenvalue weighted by molar-refractivity contribution is -0.146. The number of unbranched alkanes of at least 4 members (excludes halogenated alkanes) is 1. The van der Waals surface area contributed by atoms with Gasteiger partial charge in [-0.15, -0.1) is 0 Å². The van der Waals surface area contributed by atoms with Crippen LogP contribution in [0.4, 0.5) is 5.82 Å². The second-order valence-electron chi connectivity index (χ2n) is 9.24. The van der Waals surface area contributed by atoms with Crippen molar-refractivity contribution in [3.63, 3.8) is 0 Å². The highest BCUT2D eigenvalue weighted by molar-refractivity contribution is 5.91. The van der Waals surface area contributed by atoms with Crippen LogP contribution in [0.15, 0.2) is 42.5 Å². The predicted molar refractivity (Wildman–Crippen MR) is 133 cm³/mol. The Bertz CT molecular complexity index is 946. The van der Waals surface area contributed by atoms with E-state index in [1.54, 1.807) is 0 Å². The minimum absolute atomic E-state index is 0.221. The van der Waals surface area contributed by atoms with Gasteiger partial charge in [-0.3, -0.25) is 4.79 Å². The number of ether oxygens (including phenoxy) is 2. The van der Waals surface area contributed by atoms with E-state index >= 15 is 0 Å². The summed E-state index contributed by atoms with van der Waals surface area (Å²) in [6.45, 7) is 5.65. The SMILES string of the molecule is COC(=O)C(CCOCCCCc1ccc2c(n1)NCCC2)NC(=O)C(C)(C)c1ccccc1. The fourth-order valence-corrected chi connectivity index (χ4v) is 4.04. The summed E-state index contributed by atoms with van der Waals surface area (Å²) < 4.78 is 10.6. The van der Waals surface area contributed by atoms with Gasteiger partial charge in [0.15, 0.2) is 0 Å². The summed E-state index contributed by atoms with van der Waals surface area (Å²) >= 11 is 0. The number of nitrogens with zero attached hydrogens (tertiary/aromatic N) is 1. The van der Waals surface area contributed by atoms with Gasteiger partial charge in [0.05, 0.1) is 12.5 Å². The second-order valence-corrected chi connectivity index (χ2v) is 9.24. The molecule has 2 aromatic rings. The van der Waals surface area contributed by atoms with Gasteiger partial charge in [0.1, 0.15) is 11.9 Å². The van der Waals surface area contributed by atoms with Crippen LogP contribution in [-0.4, -0.2) is 49.8 Å². The lowest BCUT2D eigenvalue weighted by atomic mass is 9.83. The Morgan fingerprint density at radius 2 is 1.91 bits per heavy atom. The fourth-order valence-electron chi connectivity index (χ4n) is 4.04. The van der Waals surface area contributed by atoms with E-state index in [9.17, 15) is 9.59 Å². The Balaban J connectivity index is 1.39. The number of hydrogen-bond acceptors (Lipinski definition) is 6. The molecule has 1 unspecified atom stereocenters. The zero-order valence-corrected chi connectivity index (χ0v) is 20.6. The Morgan fingerprint density at radius 1 is 1.12 bits per heavy atom. The molecule has 2 heterocycles. The van der Waals surface area contributed by atoms with Crippen LogP contribution >= 0.6 is 0 Å². The molecule has 7 nitrogen and oxygen atoms in total. The van der Waals surface area contributed by atoms with Crippen molar-refractivity contribution < 1.29 is 19.1 Å². The van der Waals surface area contributed by atoms with Crippen molar-refractivity contribution in [1.82, 2.24) is 10.3 Å². The first-order valence-electron chi connectivity index (χ1n) is 12.2. The van der Waals surface area contributed by atoms with Crippen molar-refractivity contribution in [3.05, 3.63) is 59.3 Å². The molecule has 1 aliphatic heterocycles. The fraction of sp³-hybridized carbons (Fsp3) is 0.519. The topological polar surface area (TPSA) is 89.6 Å². The van der Waals surface area contributed by atoms with Gasteiger partial charge in [-0.05, 0) is 63.1 Å². The number of fused-ring (bicyclic) bond motifs is 1. The molecule has 0 fully saturated rings. The second kappa shape index (κ2) is 12.5. The molecular weight excluding hydrogens is 430 g/mol. The average molecular weight is 468 g/mol. The van der Waals surface area contributed by atoms with Crippen LogP contribution in [0, 0.1) is 0 Å². The number of carbonyl (C=O) groups excluding carboxylic acids is 2. The largest absolute Gasteiger partial charge is 0.467 e. The number of nitrogens with one attached hydrogen (secondary N) is 2. The average Bonchev–Trinajstić information content (AvgIpc) is 2.87. The summed E-state index contributed by atoms with van der Waals surface area (Å²) in [4.78, 5) is 29.9. The van der Waals surface area contributed by atoms with Gasteiger partial charge in [0.25, 0.3) is 0 Å². The quantitative estimate of drug-likeness (QED) is 0.365. The predicted octanol–water partition coefficient (Wildman–Crippen LogP) is 3.80. The number of aromatic nitrogens is 1. The van der Waals surface area contributed by atoms with E-state index in [0.29, 0.717) is 19.6 Å². The molecule has 1 atom stereocenters. The third kappa shape index (κ3) is 7.03. The third-order valence-corrected chi connectivity index (χ3v) is 6.33. The Hall–Kier alpha value is -2.93. The summed E-state index contributed by atoms with van der Waals surface area (Å²) in [5.41, 5.74) is 2.52. The zero-order valence-electron chi connectivity index (χ0n) is 20.6. The van der Waals surface area contributed by atoms with Gasteiger partial charge >= 0.3 is 5.97 Å². The van der Waals surface area contributed by atoms with E-state index in [-0.39, 0.29) is 5.91 Å². The first-order chi connectivity index (χ1) is 16.4. The highest BCUT2D eigenvalue weighted by Gasteiger charge is 2.33. The number of rotatable bonds is 12. The van der Waals surface area contributed by atoms with E-state index in [1.807, 2.05) is 44.2 Å². The molecule has 0 aliphatic carbocycles. The maximum absolute atomic E-state index is 12.9. The molecule has 1 amide bonds. The minimum atomic E-state index is -0.769.